The van der Waals surface area contributed by atoms with Crippen LogP contribution in [-0.4, -0.2) is 32.1 Å². The molecule has 0 aromatic heterocycles. The fraction of sp³-hybridized carbons (Fsp3) is 0.533. The highest BCUT2D eigenvalue weighted by Crippen LogP contribution is 2.30. The second kappa shape index (κ2) is 5.11. The van der Waals surface area contributed by atoms with Crippen molar-refractivity contribution in [2.45, 2.75) is 19.3 Å². The highest BCUT2D eigenvalue weighted by atomic mass is 16.5. The Labute approximate surface area is 108 Å². The minimum Gasteiger partial charge on any atom is -0.378 e. The Hall–Kier alpha value is -1.35. The molecule has 1 saturated heterocycles. The number of ketones is 1. The van der Waals surface area contributed by atoms with E-state index in [1.807, 2.05) is 12.1 Å². The van der Waals surface area contributed by atoms with Crippen LogP contribution in [0.1, 0.15) is 29.6 Å². The number of morpholine rings is 1. The maximum Gasteiger partial charge on any atom is 0.165 e. The van der Waals surface area contributed by atoms with E-state index >= 15 is 0 Å². The van der Waals surface area contributed by atoms with Crippen LogP contribution in [0.2, 0.25) is 0 Å². The zero-order valence-corrected chi connectivity index (χ0v) is 10.6. The van der Waals surface area contributed by atoms with E-state index in [2.05, 4.69) is 17.0 Å². The molecule has 1 aromatic rings. The first-order chi connectivity index (χ1) is 8.84. The first-order valence-electron chi connectivity index (χ1n) is 6.81. The molecule has 0 atom stereocenters. The molecule has 96 valence electrons. The van der Waals surface area contributed by atoms with E-state index in [0.717, 1.165) is 44.7 Å². The number of anilines is 1. The van der Waals surface area contributed by atoms with Crippen LogP contribution < -0.4 is 4.90 Å². The van der Waals surface area contributed by atoms with Gasteiger partial charge in [-0.25, -0.2) is 0 Å². The summed E-state index contributed by atoms with van der Waals surface area (Å²) in [4.78, 5) is 14.4. The Kier molecular flexibility index (Phi) is 3.33. The van der Waals surface area contributed by atoms with Gasteiger partial charge in [-0.15, -0.1) is 0 Å². The molecule has 0 bridgehead atoms. The van der Waals surface area contributed by atoms with Gasteiger partial charge >= 0.3 is 0 Å². The van der Waals surface area contributed by atoms with Gasteiger partial charge in [0.25, 0.3) is 0 Å². The lowest BCUT2D eigenvalue weighted by Gasteiger charge is -2.29. The summed E-state index contributed by atoms with van der Waals surface area (Å²) in [5, 5.41) is 0. The number of nitrogens with zero attached hydrogens (tertiary/aromatic N) is 1. The molecule has 18 heavy (non-hydrogen) atoms. The van der Waals surface area contributed by atoms with Crippen LogP contribution in [0.25, 0.3) is 0 Å². The van der Waals surface area contributed by atoms with E-state index in [-0.39, 0.29) is 0 Å². The summed E-state index contributed by atoms with van der Waals surface area (Å²) in [5.74, 6) is 0.619. The van der Waals surface area contributed by atoms with Gasteiger partial charge in [-0.3, -0.25) is 4.79 Å². The number of rotatable bonds is 3. The first-order valence-corrected chi connectivity index (χ1v) is 6.81. The van der Waals surface area contributed by atoms with Crippen LogP contribution in [-0.2, 0) is 4.74 Å². The maximum absolute atomic E-state index is 12.1. The van der Waals surface area contributed by atoms with Gasteiger partial charge in [0, 0.05) is 30.3 Å². The molecule has 0 amide bonds. The van der Waals surface area contributed by atoms with Crippen LogP contribution in [0.3, 0.4) is 0 Å². The van der Waals surface area contributed by atoms with Gasteiger partial charge in [-0.1, -0.05) is 6.42 Å². The molecule has 3 rings (SSSR count). The topological polar surface area (TPSA) is 29.5 Å². The number of benzene rings is 1. The smallest absolute Gasteiger partial charge is 0.165 e. The van der Waals surface area contributed by atoms with Crippen LogP contribution in [0.5, 0.6) is 0 Å². The lowest BCUT2D eigenvalue weighted by Crippen LogP contribution is -2.36. The molecule has 1 aromatic carbocycles. The van der Waals surface area contributed by atoms with Crippen molar-refractivity contribution in [3.05, 3.63) is 29.8 Å². The number of hydrogen-bond donors (Lipinski definition) is 0. The molecule has 3 heteroatoms. The lowest BCUT2D eigenvalue weighted by molar-refractivity contribution is 0.0855. The second-order valence-corrected chi connectivity index (χ2v) is 5.14. The molecule has 0 spiro atoms. The van der Waals surface area contributed by atoms with Crippen molar-refractivity contribution < 1.29 is 9.53 Å². The molecular formula is C15H19NO2. The van der Waals surface area contributed by atoms with Crippen LogP contribution in [0, 0.1) is 5.92 Å². The zero-order chi connectivity index (χ0) is 12.4. The fourth-order valence-electron chi connectivity index (χ4n) is 2.56. The summed E-state index contributed by atoms with van der Waals surface area (Å²) >= 11 is 0. The summed E-state index contributed by atoms with van der Waals surface area (Å²) in [6, 6.07) is 8.09. The van der Waals surface area contributed by atoms with Crippen LogP contribution >= 0.6 is 0 Å². The molecule has 0 N–H and O–H groups in total. The highest BCUT2D eigenvalue weighted by molar-refractivity contribution is 5.98. The predicted octanol–water partition coefficient (Wildman–Crippen LogP) is 2.51. The Bertz CT molecular complexity index is 417. The van der Waals surface area contributed by atoms with Gasteiger partial charge in [0.2, 0.25) is 0 Å². The third-order valence-electron chi connectivity index (χ3n) is 4.00. The molecule has 2 fully saturated rings. The van der Waals surface area contributed by atoms with Gasteiger partial charge in [0.1, 0.15) is 0 Å². The molecule has 1 aliphatic carbocycles. The fourth-order valence-corrected chi connectivity index (χ4v) is 2.56. The standard InChI is InChI=1S/C15H19NO2/c17-15(12-2-1-3-12)13-4-6-14(7-5-13)16-8-10-18-11-9-16/h4-7,12H,1-3,8-11H2. The van der Waals surface area contributed by atoms with E-state index in [1.54, 1.807) is 0 Å². The van der Waals surface area contributed by atoms with Gasteiger partial charge in [0.15, 0.2) is 5.78 Å². The Morgan fingerprint density at radius 3 is 2.33 bits per heavy atom. The monoisotopic (exact) mass is 245 g/mol. The molecule has 0 radical (unpaired) electrons. The van der Waals surface area contributed by atoms with Gasteiger partial charge in [-0.05, 0) is 37.1 Å². The minimum absolute atomic E-state index is 0.291. The molecule has 3 nitrogen and oxygen atoms in total. The average molecular weight is 245 g/mol. The van der Waals surface area contributed by atoms with Crippen molar-refractivity contribution >= 4 is 11.5 Å². The van der Waals surface area contributed by atoms with Crippen molar-refractivity contribution in [2.24, 2.45) is 5.92 Å². The quantitative estimate of drug-likeness (QED) is 0.766. The van der Waals surface area contributed by atoms with E-state index in [1.165, 1.54) is 12.1 Å². The summed E-state index contributed by atoms with van der Waals surface area (Å²) in [7, 11) is 0. The van der Waals surface area contributed by atoms with Crippen molar-refractivity contribution in [3.8, 4) is 0 Å². The largest absolute Gasteiger partial charge is 0.378 e. The number of hydrogen-bond acceptors (Lipinski definition) is 3. The van der Waals surface area contributed by atoms with Gasteiger partial charge in [0.05, 0.1) is 13.2 Å². The van der Waals surface area contributed by atoms with E-state index < -0.39 is 0 Å². The second-order valence-electron chi connectivity index (χ2n) is 5.14. The van der Waals surface area contributed by atoms with Crippen molar-refractivity contribution in [3.63, 3.8) is 0 Å². The summed E-state index contributed by atoms with van der Waals surface area (Å²) in [5.41, 5.74) is 2.07. The molecule has 1 heterocycles. The Balaban J connectivity index is 1.69. The van der Waals surface area contributed by atoms with Crippen molar-refractivity contribution in [2.75, 3.05) is 31.2 Å². The van der Waals surface area contributed by atoms with Crippen molar-refractivity contribution in [1.82, 2.24) is 0 Å². The maximum atomic E-state index is 12.1. The van der Waals surface area contributed by atoms with Crippen LogP contribution in [0.15, 0.2) is 24.3 Å². The molecule has 0 unspecified atom stereocenters. The average Bonchev–Trinajstić information content (AvgIpc) is 2.38. The minimum atomic E-state index is 0.291. The third kappa shape index (κ3) is 2.27. The molecule has 2 aliphatic rings. The summed E-state index contributed by atoms with van der Waals surface area (Å²) in [6.45, 7) is 3.47. The molecular weight excluding hydrogens is 226 g/mol. The Morgan fingerprint density at radius 2 is 1.78 bits per heavy atom. The summed E-state index contributed by atoms with van der Waals surface area (Å²) in [6.07, 6.45) is 3.36. The lowest BCUT2D eigenvalue weighted by atomic mass is 9.80. The van der Waals surface area contributed by atoms with E-state index in [9.17, 15) is 4.79 Å². The van der Waals surface area contributed by atoms with E-state index in [0.29, 0.717) is 11.7 Å². The van der Waals surface area contributed by atoms with Gasteiger partial charge in [-0.2, -0.15) is 0 Å². The Morgan fingerprint density at radius 1 is 1.11 bits per heavy atom. The number of Topliss-reactive ketones (excluding diaryl/α,β-unsaturated/α-hetero) is 1. The highest BCUT2D eigenvalue weighted by Gasteiger charge is 2.26. The number of ether oxygens (including phenoxy) is 1. The van der Waals surface area contributed by atoms with Crippen molar-refractivity contribution in [1.29, 1.82) is 0 Å². The SMILES string of the molecule is O=C(c1ccc(N2CCOCC2)cc1)C1CCC1. The predicted molar refractivity (Wildman–Crippen MR) is 71.1 cm³/mol. The normalized spacial score (nSPS) is 20.6. The third-order valence-corrected chi connectivity index (χ3v) is 4.00. The molecule has 1 saturated carbocycles. The first kappa shape index (κ1) is 11.7. The number of carbonyl (C=O) groups is 1. The van der Waals surface area contributed by atoms with Crippen LogP contribution in [0.4, 0.5) is 5.69 Å². The van der Waals surface area contributed by atoms with E-state index in [4.69, 9.17) is 4.74 Å². The van der Waals surface area contributed by atoms with Gasteiger partial charge < -0.3 is 9.64 Å². The summed E-state index contributed by atoms with van der Waals surface area (Å²) < 4.78 is 5.34. The zero-order valence-electron chi connectivity index (χ0n) is 10.6. The number of carbonyl (C=O) groups excluding carboxylic acids is 1. The molecule has 1 aliphatic heterocycles.